The SMILES string of the molecule is C/C(=C\CC(F)P(=O)(CC(C)C(=O)OCc1ccccc1)Oc1ccccc1)CO. The Morgan fingerprint density at radius 1 is 1.13 bits per heavy atom. The predicted molar refractivity (Wildman–Crippen MR) is 115 cm³/mol. The Bertz CT molecular complexity index is 870. The summed E-state index contributed by atoms with van der Waals surface area (Å²) in [7, 11) is -3.90. The van der Waals surface area contributed by atoms with Crippen molar-refractivity contribution in [1.82, 2.24) is 0 Å². The van der Waals surface area contributed by atoms with E-state index in [0.29, 0.717) is 5.57 Å². The zero-order valence-electron chi connectivity index (χ0n) is 17.2. The van der Waals surface area contributed by atoms with Crippen LogP contribution in [0.3, 0.4) is 0 Å². The van der Waals surface area contributed by atoms with Crippen LogP contribution in [0.4, 0.5) is 4.39 Å². The number of carbonyl (C=O) groups excluding carboxylic acids is 1. The number of ether oxygens (including phenoxy) is 1. The van der Waals surface area contributed by atoms with Crippen LogP contribution >= 0.6 is 7.37 Å². The normalized spacial score (nSPS) is 15.7. The summed E-state index contributed by atoms with van der Waals surface area (Å²) in [4.78, 5) is 12.4. The molecule has 0 amide bonds. The molecule has 0 aliphatic rings. The number of esters is 1. The van der Waals surface area contributed by atoms with Gasteiger partial charge in [-0.3, -0.25) is 9.36 Å². The van der Waals surface area contributed by atoms with Gasteiger partial charge in [0.05, 0.1) is 18.7 Å². The van der Waals surface area contributed by atoms with Gasteiger partial charge in [-0.25, -0.2) is 4.39 Å². The van der Waals surface area contributed by atoms with Gasteiger partial charge < -0.3 is 14.4 Å². The third-order valence-corrected chi connectivity index (χ3v) is 7.14. The van der Waals surface area contributed by atoms with Crippen LogP contribution in [0, 0.1) is 5.92 Å². The molecule has 1 N–H and O–H groups in total. The first kappa shape index (κ1) is 23.8. The topological polar surface area (TPSA) is 72.8 Å². The van der Waals surface area contributed by atoms with Crippen molar-refractivity contribution in [2.45, 2.75) is 32.8 Å². The molecule has 0 spiro atoms. The molecule has 5 nitrogen and oxygen atoms in total. The maximum absolute atomic E-state index is 15.0. The minimum absolute atomic E-state index is 0.0886. The highest BCUT2D eigenvalue weighted by molar-refractivity contribution is 7.60. The summed E-state index contributed by atoms with van der Waals surface area (Å²) in [5.41, 5.74) is 1.40. The molecular formula is C23H28FO5P. The molecule has 7 heteroatoms. The second kappa shape index (κ2) is 11.7. The molecule has 2 rings (SSSR count). The first-order valence-corrected chi connectivity index (χ1v) is 11.7. The summed E-state index contributed by atoms with van der Waals surface area (Å²) in [6.45, 7) is 3.08. The lowest BCUT2D eigenvalue weighted by Gasteiger charge is -2.24. The van der Waals surface area contributed by atoms with Gasteiger partial charge in [0.25, 0.3) is 7.37 Å². The summed E-state index contributed by atoms with van der Waals surface area (Å²) in [5, 5.41) is 9.10. The van der Waals surface area contributed by atoms with Crippen molar-refractivity contribution >= 4 is 13.3 Å². The third kappa shape index (κ3) is 7.43. The van der Waals surface area contributed by atoms with E-state index < -0.39 is 25.2 Å². The molecule has 2 aromatic rings. The number of hydrogen-bond acceptors (Lipinski definition) is 5. The molecule has 2 aromatic carbocycles. The minimum atomic E-state index is -3.90. The summed E-state index contributed by atoms with van der Waals surface area (Å²) >= 11 is 0. The van der Waals surface area contributed by atoms with Crippen LogP contribution in [0.15, 0.2) is 72.3 Å². The molecule has 3 unspecified atom stereocenters. The predicted octanol–water partition coefficient (Wildman–Crippen LogP) is 5.35. The Hall–Kier alpha value is -2.43. The van der Waals surface area contributed by atoms with Gasteiger partial charge in [-0.2, -0.15) is 0 Å². The number of rotatable bonds is 11. The van der Waals surface area contributed by atoms with Crippen LogP contribution in [-0.4, -0.2) is 29.8 Å². The molecule has 30 heavy (non-hydrogen) atoms. The highest BCUT2D eigenvalue weighted by Gasteiger charge is 2.39. The van der Waals surface area contributed by atoms with E-state index >= 15 is 4.39 Å². The van der Waals surface area contributed by atoms with Crippen LogP contribution in [-0.2, 0) is 20.7 Å². The molecule has 162 valence electrons. The Morgan fingerprint density at radius 2 is 1.73 bits per heavy atom. The number of para-hydroxylation sites is 1. The lowest BCUT2D eigenvalue weighted by molar-refractivity contribution is -0.148. The Labute approximate surface area is 177 Å². The Balaban J connectivity index is 2.10. The van der Waals surface area contributed by atoms with E-state index in [1.807, 2.05) is 30.3 Å². The fraction of sp³-hybridized carbons (Fsp3) is 0.348. The quantitative estimate of drug-likeness (QED) is 0.293. The standard InChI is InChI=1S/C23H28FO5P/c1-18(15-25)13-14-22(24)30(27,29-21-11-7-4-8-12-21)17-19(2)23(26)28-16-20-9-5-3-6-10-20/h3-13,19,22,25H,14-17H2,1-2H3/b18-13+. The number of aliphatic hydroxyl groups is 1. The first-order chi connectivity index (χ1) is 14.3. The van der Waals surface area contributed by atoms with E-state index in [2.05, 4.69) is 0 Å². The van der Waals surface area contributed by atoms with Crippen LogP contribution < -0.4 is 4.52 Å². The van der Waals surface area contributed by atoms with Crippen molar-refractivity contribution in [1.29, 1.82) is 0 Å². The molecule has 0 fully saturated rings. The molecule has 0 saturated carbocycles. The van der Waals surface area contributed by atoms with Gasteiger partial charge in [-0.15, -0.1) is 0 Å². The average Bonchev–Trinajstić information content (AvgIpc) is 2.76. The lowest BCUT2D eigenvalue weighted by atomic mass is 10.2. The molecule has 0 aliphatic carbocycles. The van der Waals surface area contributed by atoms with Crippen molar-refractivity contribution < 1.29 is 28.1 Å². The van der Waals surface area contributed by atoms with E-state index in [0.717, 1.165) is 5.56 Å². The van der Waals surface area contributed by atoms with Gasteiger partial charge in [0.1, 0.15) is 12.4 Å². The molecule has 0 bridgehead atoms. The van der Waals surface area contributed by atoms with Gasteiger partial charge >= 0.3 is 5.97 Å². The highest BCUT2D eigenvalue weighted by atomic mass is 31.2. The third-order valence-electron chi connectivity index (χ3n) is 4.49. The number of hydrogen-bond donors (Lipinski definition) is 1. The summed E-state index contributed by atoms with van der Waals surface area (Å²) in [6, 6.07) is 17.5. The van der Waals surface area contributed by atoms with Crippen molar-refractivity contribution in [2.75, 3.05) is 12.8 Å². The smallest absolute Gasteiger partial charge is 0.309 e. The monoisotopic (exact) mass is 434 g/mol. The highest BCUT2D eigenvalue weighted by Crippen LogP contribution is 2.55. The number of allylic oxidation sites excluding steroid dienone is 1. The molecule has 0 saturated heterocycles. The summed E-state index contributed by atoms with van der Waals surface area (Å²) in [6.07, 6.45) is 1.02. The van der Waals surface area contributed by atoms with Gasteiger partial charge in [0.15, 0.2) is 5.91 Å². The fourth-order valence-corrected chi connectivity index (χ4v) is 4.95. The van der Waals surface area contributed by atoms with E-state index in [1.54, 1.807) is 44.2 Å². The van der Waals surface area contributed by atoms with Crippen LogP contribution in [0.5, 0.6) is 5.75 Å². The van der Waals surface area contributed by atoms with Gasteiger partial charge in [-0.05, 0) is 24.6 Å². The van der Waals surface area contributed by atoms with Gasteiger partial charge in [0.2, 0.25) is 0 Å². The Morgan fingerprint density at radius 3 is 2.33 bits per heavy atom. The second-order valence-corrected chi connectivity index (χ2v) is 9.75. The number of aliphatic hydroxyl groups excluding tert-OH is 1. The number of alkyl halides is 1. The fourth-order valence-electron chi connectivity index (χ4n) is 2.72. The molecule has 0 aliphatic heterocycles. The lowest BCUT2D eigenvalue weighted by Crippen LogP contribution is -2.22. The average molecular weight is 434 g/mol. The Kier molecular flexibility index (Phi) is 9.28. The van der Waals surface area contributed by atoms with Crippen molar-refractivity contribution in [3.63, 3.8) is 0 Å². The summed E-state index contributed by atoms with van der Waals surface area (Å²) < 4.78 is 39.4. The van der Waals surface area contributed by atoms with Crippen molar-refractivity contribution in [2.24, 2.45) is 5.92 Å². The molecule has 3 atom stereocenters. The van der Waals surface area contributed by atoms with E-state index in [4.69, 9.17) is 14.4 Å². The zero-order valence-corrected chi connectivity index (χ0v) is 18.1. The zero-order chi connectivity index (χ0) is 22.0. The first-order valence-electron chi connectivity index (χ1n) is 9.78. The van der Waals surface area contributed by atoms with E-state index in [1.165, 1.54) is 6.08 Å². The van der Waals surface area contributed by atoms with Crippen molar-refractivity contribution in [3.05, 3.63) is 77.9 Å². The molecular weight excluding hydrogens is 406 g/mol. The second-order valence-electron chi connectivity index (χ2n) is 7.19. The number of halogens is 1. The molecule has 0 radical (unpaired) electrons. The maximum atomic E-state index is 15.0. The van der Waals surface area contributed by atoms with E-state index in [-0.39, 0.29) is 31.5 Å². The van der Waals surface area contributed by atoms with Gasteiger partial charge in [-0.1, -0.05) is 67.1 Å². The van der Waals surface area contributed by atoms with Crippen LogP contribution in [0.25, 0.3) is 0 Å². The largest absolute Gasteiger partial charge is 0.461 e. The molecule has 0 heterocycles. The van der Waals surface area contributed by atoms with Crippen molar-refractivity contribution in [3.8, 4) is 5.75 Å². The number of carbonyl (C=O) groups is 1. The minimum Gasteiger partial charge on any atom is -0.461 e. The summed E-state index contributed by atoms with van der Waals surface area (Å²) in [5.74, 6) is -2.92. The van der Waals surface area contributed by atoms with Crippen LogP contribution in [0.2, 0.25) is 0 Å². The van der Waals surface area contributed by atoms with E-state index in [9.17, 15) is 9.36 Å². The molecule has 0 aromatic heterocycles. The van der Waals surface area contributed by atoms with Gasteiger partial charge in [0, 0.05) is 6.42 Å². The maximum Gasteiger partial charge on any atom is 0.309 e. The number of benzene rings is 2. The van der Waals surface area contributed by atoms with Crippen LogP contribution in [0.1, 0.15) is 25.8 Å².